The Labute approximate surface area is 242 Å². The van der Waals surface area contributed by atoms with Crippen LogP contribution >= 0.6 is 23.2 Å². The fourth-order valence-corrected chi connectivity index (χ4v) is 5.75. The molecule has 9 nitrogen and oxygen atoms in total. The van der Waals surface area contributed by atoms with Crippen LogP contribution in [-0.4, -0.2) is 57.1 Å². The SMILES string of the molecule is CC(C)C[C@H](CN(CCCCNS(=O)(=O)c1ccc(Cl)cc1Cl)C(=O)NC(C)C)NC(=O)Nc1ccccc1. The van der Waals surface area contributed by atoms with Crippen molar-refractivity contribution in [1.29, 1.82) is 0 Å². The number of urea groups is 2. The van der Waals surface area contributed by atoms with E-state index in [9.17, 15) is 18.0 Å². The molecular formula is C27H39Cl2N5O4S. The van der Waals surface area contributed by atoms with Gasteiger partial charge in [0.15, 0.2) is 0 Å². The van der Waals surface area contributed by atoms with E-state index in [0.29, 0.717) is 43.1 Å². The lowest BCUT2D eigenvalue weighted by atomic mass is 10.0. The smallest absolute Gasteiger partial charge is 0.319 e. The summed E-state index contributed by atoms with van der Waals surface area (Å²) in [5.74, 6) is 0.288. The molecule has 0 unspecified atom stereocenters. The van der Waals surface area contributed by atoms with Crippen molar-refractivity contribution >= 4 is 51.0 Å². The van der Waals surface area contributed by atoms with Crippen LogP contribution in [0.4, 0.5) is 15.3 Å². The van der Waals surface area contributed by atoms with Crippen molar-refractivity contribution in [3.05, 3.63) is 58.6 Å². The third-order valence-corrected chi connectivity index (χ3v) is 7.77. The van der Waals surface area contributed by atoms with Gasteiger partial charge in [0.05, 0.1) is 5.02 Å². The number of unbranched alkanes of at least 4 members (excludes halogenated alkanes) is 1. The predicted molar refractivity (Wildman–Crippen MR) is 158 cm³/mol. The van der Waals surface area contributed by atoms with E-state index in [1.54, 1.807) is 17.0 Å². The maximum Gasteiger partial charge on any atom is 0.319 e. The number of amides is 4. The van der Waals surface area contributed by atoms with Crippen molar-refractivity contribution in [2.45, 2.75) is 63.9 Å². The Bertz CT molecular complexity index is 1180. The van der Waals surface area contributed by atoms with Gasteiger partial charge in [0.2, 0.25) is 10.0 Å². The molecule has 0 aliphatic rings. The van der Waals surface area contributed by atoms with Crippen LogP contribution in [0.25, 0.3) is 0 Å². The molecule has 0 saturated heterocycles. The first-order valence-corrected chi connectivity index (χ1v) is 15.2. The fourth-order valence-electron chi connectivity index (χ4n) is 3.91. The molecule has 4 amide bonds. The minimum absolute atomic E-state index is 0.0390. The van der Waals surface area contributed by atoms with Crippen molar-refractivity contribution in [2.24, 2.45) is 5.92 Å². The lowest BCUT2D eigenvalue weighted by Crippen LogP contribution is -2.51. The second-order valence-corrected chi connectivity index (χ2v) is 12.6. The number of anilines is 1. The number of benzene rings is 2. The van der Waals surface area contributed by atoms with Gasteiger partial charge in [0.25, 0.3) is 0 Å². The Morgan fingerprint density at radius 3 is 2.26 bits per heavy atom. The van der Waals surface area contributed by atoms with Crippen LogP contribution < -0.4 is 20.7 Å². The third kappa shape index (κ3) is 12.0. The molecule has 0 spiro atoms. The average Bonchev–Trinajstić information content (AvgIpc) is 2.82. The zero-order valence-electron chi connectivity index (χ0n) is 22.8. The second-order valence-electron chi connectivity index (χ2n) is 10.0. The van der Waals surface area contributed by atoms with Gasteiger partial charge in [-0.3, -0.25) is 0 Å². The summed E-state index contributed by atoms with van der Waals surface area (Å²) in [5, 5.41) is 9.13. The van der Waals surface area contributed by atoms with E-state index in [1.165, 1.54) is 18.2 Å². The first-order valence-electron chi connectivity index (χ1n) is 13.0. The van der Waals surface area contributed by atoms with Gasteiger partial charge in [-0.2, -0.15) is 0 Å². The number of rotatable bonds is 14. The van der Waals surface area contributed by atoms with Crippen molar-refractivity contribution in [2.75, 3.05) is 25.0 Å². The second kappa shape index (κ2) is 15.9. The van der Waals surface area contributed by atoms with Crippen LogP contribution in [0.1, 0.15) is 47.0 Å². The van der Waals surface area contributed by atoms with Crippen LogP contribution in [-0.2, 0) is 10.0 Å². The molecule has 0 aliphatic carbocycles. The van der Waals surface area contributed by atoms with Gasteiger partial charge in [0, 0.05) is 42.4 Å². The van der Waals surface area contributed by atoms with Crippen LogP contribution in [0.2, 0.25) is 10.0 Å². The lowest BCUT2D eigenvalue weighted by molar-refractivity contribution is 0.183. The molecule has 0 aromatic heterocycles. The monoisotopic (exact) mass is 599 g/mol. The predicted octanol–water partition coefficient (Wildman–Crippen LogP) is 5.71. The van der Waals surface area contributed by atoms with E-state index in [4.69, 9.17) is 23.2 Å². The number of nitrogens with zero attached hydrogens (tertiary/aromatic N) is 1. The summed E-state index contributed by atoms with van der Waals surface area (Å²) >= 11 is 11.9. The summed E-state index contributed by atoms with van der Waals surface area (Å²) in [5.41, 5.74) is 0.676. The van der Waals surface area contributed by atoms with Crippen molar-refractivity contribution in [3.8, 4) is 0 Å². The molecule has 0 aliphatic heterocycles. The van der Waals surface area contributed by atoms with Gasteiger partial charge in [-0.1, -0.05) is 55.2 Å². The quantitative estimate of drug-likeness (QED) is 0.208. The van der Waals surface area contributed by atoms with E-state index in [2.05, 4.69) is 34.5 Å². The zero-order chi connectivity index (χ0) is 29.0. The van der Waals surface area contributed by atoms with E-state index in [0.717, 1.165) is 0 Å². The van der Waals surface area contributed by atoms with Gasteiger partial charge < -0.3 is 20.9 Å². The zero-order valence-corrected chi connectivity index (χ0v) is 25.2. The van der Waals surface area contributed by atoms with Gasteiger partial charge in [-0.25, -0.2) is 22.7 Å². The van der Waals surface area contributed by atoms with Crippen molar-refractivity contribution in [3.63, 3.8) is 0 Å². The highest BCUT2D eigenvalue weighted by Gasteiger charge is 2.22. The molecule has 0 saturated carbocycles. The van der Waals surface area contributed by atoms with E-state index >= 15 is 0 Å². The molecule has 0 fully saturated rings. The summed E-state index contributed by atoms with van der Waals surface area (Å²) < 4.78 is 27.8. The van der Waals surface area contributed by atoms with E-state index in [1.807, 2.05) is 32.0 Å². The molecule has 1 atom stereocenters. The first-order chi connectivity index (χ1) is 18.4. The van der Waals surface area contributed by atoms with Crippen LogP contribution in [0.3, 0.4) is 0 Å². The van der Waals surface area contributed by atoms with Crippen LogP contribution in [0.15, 0.2) is 53.4 Å². The highest BCUT2D eigenvalue weighted by atomic mass is 35.5. The summed E-state index contributed by atoms with van der Waals surface area (Å²) in [6.45, 7) is 8.74. The Morgan fingerprint density at radius 1 is 0.949 bits per heavy atom. The molecular weight excluding hydrogens is 561 g/mol. The lowest BCUT2D eigenvalue weighted by Gasteiger charge is -2.30. The number of nitrogens with one attached hydrogen (secondary N) is 4. The minimum Gasteiger partial charge on any atom is -0.336 e. The Kier molecular flexibility index (Phi) is 13.3. The maximum absolute atomic E-state index is 13.0. The summed E-state index contributed by atoms with van der Waals surface area (Å²) in [7, 11) is -3.80. The average molecular weight is 601 g/mol. The topological polar surface area (TPSA) is 120 Å². The molecule has 4 N–H and O–H groups in total. The standard InChI is InChI=1S/C27H39Cl2N5O4S/c1-19(2)16-23(33-26(35)32-22-10-6-5-7-11-22)18-34(27(36)31-20(3)4)15-9-8-14-30-39(37,38)25-13-12-21(28)17-24(25)29/h5-7,10-13,17,19-20,23,30H,8-9,14-16,18H2,1-4H3,(H,31,36)(H2,32,33,35)/t23-/m1/s1. The number of hydrogen-bond donors (Lipinski definition) is 4. The Hall–Kier alpha value is -2.53. The van der Waals surface area contributed by atoms with Gasteiger partial charge in [-0.15, -0.1) is 0 Å². The summed E-state index contributed by atoms with van der Waals surface area (Å²) in [6.07, 6.45) is 1.72. The van der Waals surface area contributed by atoms with Crippen LogP contribution in [0.5, 0.6) is 0 Å². The summed E-state index contributed by atoms with van der Waals surface area (Å²) in [4.78, 5) is 27.3. The molecule has 0 bridgehead atoms. The highest BCUT2D eigenvalue weighted by molar-refractivity contribution is 7.89. The number of sulfonamides is 1. The molecule has 39 heavy (non-hydrogen) atoms. The molecule has 2 aromatic carbocycles. The third-order valence-electron chi connectivity index (χ3n) is 5.59. The van der Waals surface area contributed by atoms with Gasteiger partial charge in [-0.05, 0) is 69.4 Å². The molecule has 2 rings (SSSR count). The number of carbonyl (C=O) groups excluding carboxylic acids is 2. The van der Waals surface area contributed by atoms with Crippen molar-refractivity contribution < 1.29 is 18.0 Å². The maximum atomic E-state index is 13.0. The fraction of sp³-hybridized carbons (Fsp3) is 0.481. The van der Waals surface area contributed by atoms with Crippen molar-refractivity contribution in [1.82, 2.24) is 20.3 Å². The number of hydrogen-bond acceptors (Lipinski definition) is 4. The first kappa shape index (κ1) is 32.7. The molecule has 0 radical (unpaired) electrons. The van der Waals surface area contributed by atoms with E-state index < -0.39 is 10.0 Å². The molecule has 2 aromatic rings. The van der Waals surface area contributed by atoms with Crippen LogP contribution in [0, 0.1) is 5.92 Å². The number of carbonyl (C=O) groups is 2. The number of para-hydroxylation sites is 1. The van der Waals surface area contributed by atoms with Gasteiger partial charge in [0.1, 0.15) is 4.90 Å². The largest absolute Gasteiger partial charge is 0.336 e. The normalized spacial score (nSPS) is 12.3. The molecule has 0 heterocycles. The molecule has 216 valence electrons. The van der Waals surface area contributed by atoms with Gasteiger partial charge >= 0.3 is 12.1 Å². The Balaban J connectivity index is 1.98. The minimum atomic E-state index is -3.80. The Morgan fingerprint density at radius 2 is 1.64 bits per heavy atom. The molecule has 12 heteroatoms. The number of halogens is 2. The highest BCUT2D eigenvalue weighted by Crippen LogP contribution is 2.24. The van der Waals surface area contributed by atoms with E-state index in [-0.39, 0.29) is 46.5 Å². The summed E-state index contributed by atoms with van der Waals surface area (Å²) in [6, 6.07) is 12.4.